The molecule has 0 atom stereocenters. The van der Waals surface area contributed by atoms with Gasteiger partial charge in [0.15, 0.2) is 0 Å². The van der Waals surface area contributed by atoms with E-state index >= 15 is 0 Å². The summed E-state index contributed by atoms with van der Waals surface area (Å²) in [7, 11) is 0. The lowest BCUT2D eigenvalue weighted by atomic mass is 9.76. The Bertz CT molecular complexity index is 574. The Hall–Kier alpha value is -1.11. The normalized spacial score (nSPS) is 26.1. The molecule has 5 heteroatoms. The Morgan fingerprint density at radius 2 is 1.23 bits per heavy atom. The Morgan fingerprint density at radius 3 is 1.46 bits per heavy atom. The van der Waals surface area contributed by atoms with E-state index in [1.54, 1.807) is 0 Å². The van der Waals surface area contributed by atoms with Gasteiger partial charge in [0.25, 0.3) is 0 Å². The van der Waals surface area contributed by atoms with Crippen molar-refractivity contribution in [3.05, 3.63) is 32.4 Å². The first-order valence-corrected chi connectivity index (χ1v) is 10.3. The maximum Gasteiger partial charge on any atom is 0.306 e. The van der Waals surface area contributed by atoms with Crippen LogP contribution in [0.4, 0.5) is 0 Å². The molecule has 0 unspecified atom stereocenters. The number of carbonyl (C=O) groups is 2. The molecule has 0 aromatic heterocycles. The van der Waals surface area contributed by atoms with Gasteiger partial charge >= 0.3 is 11.9 Å². The molecule has 2 aliphatic rings. The number of aryl methyl sites for hydroxylation is 1. The zero-order chi connectivity index (χ0) is 20.0. The van der Waals surface area contributed by atoms with E-state index in [9.17, 15) is 9.59 Å². The fraction of sp³-hybridized carbons (Fsp3) is 0.619. The van der Waals surface area contributed by atoms with E-state index in [1.165, 1.54) is 20.3 Å². The molecular formula is C21H31IO4. The smallest absolute Gasteiger partial charge is 0.306 e. The van der Waals surface area contributed by atoms with Gasteiger partial charge in [0, 0.05) is 3.57 Å². The third-order valence-electron chi connectivity index (χ3n) is 5.44. The van der Waals surface area contributed by atoms with E-state index in [1.807, 2.05) is 0 Å². The molecule has 4 nitrogen and oxygen atoms in total. The molecule has 1 aromatic carbocycles. The van der Waals surface area contributed by atoms with Crippen LogP contribution in [0, 0.1) is 48.0 Å². The number of hydrogen-bond donors (Lipinski definition) is 2. The van der Waals surface area contributed by atoms with Gasteiger partial charge in [-0.25, -0.2) is 0 Å². The maximum absolute atomic E-state index is 10.1. The summed E-state index contributed by atoms with van der Waals surface area (Å²) in [5.41, 5.74) is 4.23. The summed E-state index contributed by atoms with van der Waals surface area (Å²) in [6.07, 6.45) is 3.54. The first-order valence-electron chi connectivity index (χ1n) is 9.20. The highest BCUT2D eigenvalue weighted by atomic mass is 127. The number of hydrogen-bond acceptors (Lipinski definition) is 2. The number of rotatable bonds is 2. The summed E-state index contributed by atoms with van der Waals surface area (Å²) < 4.78 is 1.36. The van der Waals surface area contributed by atoms with Crippen molar-refractivity contribution in [2.75, 3.05) is 0 Å². The van der Waals surface area contributed by atoms with Crippen LogP contribution in [0.5, 0.6) is 0 Å². The quantitative estimate of drug-likeness (QED) is 0.559. The predicted molar refractivity (Wildman–Crippen MR) is 112 cm³/mol. The van der Waals surface area contributed by atoms with Gasteiger partial charge in [-0.15, -0.1) is 0 Å². The summed E-state index contributed by atoms with van der Waals surface area (Å²) in [6.45, 7) is 10.7. The molecule has 2 N–H and O–H groups in total. The van der Waals surface area contributed by atoms with Gasteiger partial charge in [0.1, 0.15) is 0 Å². The zero-order valence-corrected chi connectivity index (χ0v) is 18.5. The predicted octanol–water partition coefficient (Wildman–Crippen LogP) is 5.45. The number of aliphatic carboxylic acids is 2. The molecule has 2 fully saturated rings. The van der Waals surface area contributed by atoms with E-state index in [0.29, 0.717) is 11.8 Å². The molecule has 0 bridgehead atoms. The Balaban J connectivity index is 0.000000197. The lowest BCUT2D eigenvalue weighted by Crippen LogP contribution is -2.28. The van der Waals surface area contributed by atoms with Crippen molar-refractivity contribution in [1.82, 2.24) is 0 Å². The summed E-state index contributed by atoms with van der Waals surface area (Å²) in [6, 6.07) is 4.34. The number of carboxylic acids is 2. The third-order valence-corrected chi connectivity index (χ3v) is 6.61. The lowest BCUT2D eigenvalue weighted by Gasteiger charge is -2.28. The van der Waals surface area contributed by atoms with Crippen LogP contribution < -0.4 is 0 Å². The van der Waals surface area contributed by atoms with Crippen LogP contribution in [-0.4, -0.2) is 22.2 Å². The van der Waals surface area contributed by atoms with Gasteiger partial charge in [0.05, 0.1) is 11.8 Å². The van der Waals surface area contributed by atoms with Crippen molar-refractivity contribution in [1.29, 1.82) is 0 Å². The second-order valence-electron chi connectivity index (χ2n) is 7.84. The van der Waals surface area contributed by atoms with Gasteiger partial charge in [-0.05, 0) is 104 Å². The average Bonchev–Trinajstić information content (AvgIpc) is 2.51. The van der Waals surface area contributed by atoms with Crippen LogP contribution in [-0.2, 0) is 9.59 Å². The monoisotopic (exact) mass is 474 g/mol. The van der Waals surface area contributed by atoms with Crippen molar-refractivity contribution in [2.45, 2.75) is 60.3 Å². The highest BCUT2D eigenvalue weighted by molar-refractivity contribution is 14.1. The van der Waals surface area contributed by atoms with Crippen molar-refractivity contribution < 1.29 is 19.8 Å². The molecule has 0 saturated heterocycles. The van der Waals surface area contributed by atoms with Crippen molar-refractivity contribution in [2.24, 2.45) is 23.7 Å². The SMILES string of the molecule is CC1CC(C(=O)O)C1.CC1CC(C(=O)O)C1.Cc1ccc(I)c(C)c1C. The van der Waals surface area contributed by atoms with E-state index in [4.69, 9.17) is 10.2 Å². The molecule has 3 rings (SSSR count). The Kier molecular flexibility index (Phi) is 9.07. The molecule has 2 saturated carbocycles. The fourth-order valence-electron chi connectivity index (χ4n) is 3.13. The van der Waals surface area contributed by atoms with Crippen LogP contribution in [0.15, 0.2) is 12.1 Å². The number of benzene rings is 1. The van der Waals surface area contributed by atoms with Crippen LogP contribution in [0.3, 0.4) is 0 Å². The molecular weight excluding hydrogens is 443 g/mol. The standard InChI is InChI=1S/C9H11I.2C6H10O2/c1-6-4-5-9(10)8(3)7(6)2;2*1-4-2-5(3-4)6(7)8/h4-5H,1-3H3;2*4-5H,2-3H2,1H3,(H,7,8). The first-order chi connectivity index (χ1) is 12.0. The molecule has 1 aromatic rings. The van der Waals surface area contributed by atoms with Gasteiger partial charge in [-0.2, -0.15) is 0 Å². The van der Waals surface area contributed by atoms with Crippen molar-refractivity contribution >= 4 is 34.5 Å². The molecule has 26 heavy (non-hydrogen) atoms. The molecule has 0 radical (unpaired) electrons. The highest BCUT2D eigenvalue weighted by Crippen LogP contribution is 2.33. The summed E-state index contributed by atoms with van der Waals surface area (Å²) in [4.78, 5) is 20.3. The largest absolute Gasteiger partial charge is 0.481 e. The van der Waals surface area contributed by atoms with Crippen LogP contribution in [0.1, 0.15) is 56.2 Å². The molecule has 0 heterocycles. The van der Waals surface area contributed by atoms with Gasteiger partial charge in [0.2, 0.25) is 0 Å². The van der Waals surface area contributed by atoms with Crippen molar-refractivity contribution in [3.8, 4) is 0 Å². The minimum atomic E-state index is -0.622. The fourth-order valence-corrected chi connectivity index (χ4v) is 3.72. The van der Waals surface area contributed by atoms with E-state index < -0.39 is 11.9 Å². The van der Waals surface area contributed by atoms with E-state index in [2.05, 4.69) is 69.3 Å². The highest BCUT2D eigenvalue weighted by Gasteiger charge is 2.31. The molecule has 146 valence electrons. The van der Waals surface area contributed by atoms with Gasteiger partial charge in [-0.1, -0.05) is 19.9 Å². The van der Waals surface area contributed by atoms with Crippen LogP contribution in [0.2, 0.25) is 0 Å². The maximum atomic E-state index is 10.1. The third kappa shape index (κ3) is 6.89. The minimum absolute atomic E-state index is 0.0231. The Labute approximate surface area is 170 Å². The first kappa shape index (κ1) is 22.9. The summed E-state index contributed by atoms with van der Waals surface area (Å²) >= 11 is 2.37. The van der Waals surface area contributed by atoms with Gasteiger partial charge in [-0.3, -0.25) is 9.59 Å². The molecule has 2 aliphatic carbocycles. The van der Waals surface area contributed by atoms with E-state index in [-0.39, 0.29) is 11.8 Å². The molecule has 0 aliphatic heterocycles. The van der Waals surface area contributed by atoms with Crippen LogP contribution >= 0.6 is 22.6 Å². The Morgan fingerprint density at radius 1 is 0.846 bits per heavy atom. The van der Waals surface area contributed by atoms with E-state index in [0.717, 1.165) is 25.7 Å². The average molecular weight is 474 g/mol. The zero-order valence-electron chi connectivity index (χ0n) is 16.4. The van der Waals surface area contributed by atoms with Crippen LogP contribution in [0.25, 0.3) is 0 Å². The lowest BCUT2D eigenvalue weighted by molar-refractivity contribution is -0.147. The molecule has 0 amide bonds. The summed E-state index contributed by atoms with van der Waals surface area (Å²) in [5, 5.41) is 16.7. The second-order valence-corrected chi connectivity index (χ2v) is 9.00. The minimum Gasteiger partial charge on any atom is -0.481 e. The topological polar surface area (TPSA) is 74.6 Å². The van der Waals surface area contributed by atoms with Crippen molar-refractivity contribution in [3.63, 3.8) is 0 Å². The molecule has 0 spiro atoms. The number of carboxylic acid groups (broad SMARTS) is 2. The summed E-state index contributed by atoms with van der Waals surface area (Å²) in [5.74, 6) is 0.00778. The number of halogens is 1. The second kappa shape index (κ2) is 10.3. The van der Waals surface area contributed by atoms with Gasteiger partial charge < -0.3 is 10.2 Å².